The summed E-state index contributed by atoms with van der Waals surface area (Å²) < 4.78 is 3.48. The lowest BCUT2D eigenvalue weighted by Crippen LogP contribution is -2.10. The summed E-state index contributed by atoms with van der Waals surface area (Å²) in [5.74, 6) is 0.0395. The smallest absolute Gasteiger partial charge is 0.168 e. The summed E-state index contributed by atoms with van der Waals surface area (Å²) in [5.41, 5.74) is 2.43. The van der Waals surface area contributed by atoms with Crippen molar-refractivity contribution in [2.24, 2.45) is 0 Å². The van der Waals surface area contributed by atoms with Crippen molar-refractivity contribution in [2.75, 3.05) is 0 Å². The molecule has 0 amide bonds. The first-order valence-corrected chi connectivity index (χ1v) is 8.10. The molecule has 0 unspecified atom stereocenters. The van der Waals surface area contributed by atoms with E-state index in [9.17, 15) is 4.79 Å². The number of hydrogen-bond donors (Lipinski definition) is 0. The van der Waals surface area contributed by atoms with E-state index in [-0.39, 0.29) is 5.78 Å². The van der Waals surface area contributed by atoms with Gasteiger partial charge in [0.05, 0.1) is 27.3 Å². The first kappa shape index (κ1) is 15.7. The number of halogens is 3. The number of Topliss-reactive ketones (excluding diaryl/α,β-unsaturated/α-hetero) is 1. The quantitative estimate of drug-likeness (QED) is 0.665. The molecule has 0 bridgehead atoms. The molecule has 0 spiro atoms. The van der Waals surface area contributed by atoms with Gasteiger partial charge in [-0.3, -0.25) is 9.48 Å². The van der Waals surface area contributed by atoms with E-state index in [0.29, 0.717) is 17.0 Å². The molecule has 0 radical (unpaired) electrons. The summed E-state index contributed by atoms with van der Waals surface area (Å²) in [6, 6.07) is 5.21. The second-order valence-corrected chi connectivity index (χ2v) is 6.45. The predicted molar refractivity (Wildman–Crippen MR) is 87.5 cm³/mol. The highest BCUT2D eigenvalue weighted by Gasteiger charge is 2.17. The Morgan fingerprint density at radius 1 is 1.40 bits per heavy atom. The monoisotopic (exact) mass is 418 g/mol. The number of hydrogen-bond acceptors (Lipinski definition) is 2. The average molecular weight is 421 g/mol. The molecular formula is C14H13Br2ClN2O. The summed E-state index contributed by atoms with van der Waals surface area (Å²) in [6.07, 6.45) is 0.309. The van der Waals surface area contributed by atoms with Crippen LogP contribution >= 0.6 is 43.5 Å². The minimum atomic E-state index is 0.0395. The molecule has 1 aromatic heterocycles. The van der Waals surface area contributed by atoms with Gasteiger partial charge >= 0.3 is 0 Å². The Morgan fingerprint density at radius 2 is 2.10 bits per heavy atom. The molecule has 0 aliphatic rings. The predicted octanol–water partition coefficient (Wildman–Crippen LogP) is 4.82. The van der Waals surface area contributed by atoms with Crippen LogP contribution in [0.15, 0.2) is 27.1 Å². The van der Waals surface area contributed by atoms with Gasteiger partial charge in [0.15, 0.2) is 5.78 Å². The molecule has 2 aromatic rings. The molecule has 1 aromatic carbocycles. The molecule has 0 N–H and O–H groups in total. The fourth-order valence-electron chi connectivity index (χ4n) is 1.96. The second-order valence-electron chi connectivity index (χ2n) is 4.39. The number of nitrogens with zero attached hydrogens (tertiary/aromatic N) is 2. The van der Waals surface area contributed by atoms with Crippen LogP contribution in [0.3, 0.4) is 0 Å². The van der Waals surface area contributed by atoms with Crippen molar-refractivity contribution in [3.8, 4) is 0 Å². The zero-order valence-electron chi connectivity index (χ0n) is 11.1. The number of carbonyl (C=O) groups is 1. The van der Waals surface area contributed by atoms with Gasteiger partial charge in [-0.15, -0.1) is 0 Å². The van der Waals surface area contributed by atoms with E-state index in [1.165, 1.54) is 0 Å². The zero-order valence-corrected chi connectivity index (χ0v) is 15.0. The topological polar surface area (TPSA) is 34.9 Å². The van der Waals surface area contributed by atoms with E-state index in [0.717, 1.165) is 26.9 Å². The minimum Gasteiger partial charge on any atom is -0.294 e. The van der Waals surface area contributed by atoms with Gasteiger partial charge in [-0.1, -0.05) is 11.6 Å². The molecule has 0 aliphatic heterocycles. The van der Waals surface area contributed by atoms with Gasteiger partial charge in [-0.25, -0.2) is 0 Å². The summed E-state index contributed by atoms with van der Waals surface area (Å²) in [4.78, 5) is 12.4. The molecule has 3 nitrogen and oxygen atoms in total. The Labute approximate surface area is 139 Å². The second kappa shape index (κ2) is 6.41. The normalized spacial score (nSPS) is 10.8. The van der Waals surface area contributed by atoms with Gasteiger partial charge in [0.2, 0.25) is 0 Å². The number of rotatable bonds is 4. The van der Waals surface area contributed by atoms with Gasteiger partial charge in [0.25, 0.3) is 0 Å². The SMILES string of the molecule is CCn1nc(C)c(Br)c1CC(=O)c1ccc(Cl)c(Br)c1. The van der Waals surface area contributed by atoms with Crippen molar-refractivity contribution >= 4 is 49.2 Å². The van der Waals surface area contributed by atoms with E-state index in [1.807, 2.05) is 18.5 Å². The third kappa shape index (κ3) is 3.15. The summed E-state index contributed by atoms with van der Waals surface area (Å²) >= 11 is 12.8. The summed E-state index contributed by atoms with van der Waals surface area (Å²) in [7, 11) is 0. The maximum Gasteiger partial charge on any atom is 0.168 e. The molecule has 2 rings (SSSR count). The van der Waals surface area contributed by atoms with Crippen LogP contribution in [0.5, 0.6) is 0 Å². The third-order valence-electron chi connectivity index (χ3n) is 3.02. The van der Waals surface area contributed by atoms with E-state index < -0.39 is 0 Å². The number of benzene rings is 1. The van der Waals surface area contributed by atoms with Crippen molar-refractivity contribution in [1.29, 1.82) is 0 Å². The van der Waals surface area contributed by atoms with Crippen LogP contribution in [0.4, 0.5) is 0 Å². The molecule has 0 saturated heterocycles. The maximum atomic E-state index is 12.4. The van der Waals surface area contributed by atoms with E-state index in [2.05, 4.69) is 37.0 Å². The number of ketones is 1. The van der Waals surface area contributed by atoms with E-state index in [4.69, 9.17) is 11.6 Å². The standard InChI is InChI=1S/C14H13Br2ClN2O/c1-3-19-12(14(16)8(2)18-19)7-13(20)9-4-5-11(17)10(15)6-9/h4-6H,3,7H2,1-2H3. The summed E-state index contributed by atoms with van der Waals surface area (Å²) in [6.45, 7) is 4.66. The third-order valence-corrected chi connectivity index (χ3v) is 5.27. The van der Waals surface area contributed by atoms with Crippen molar-refractivity contribution in [1.82, 2.24) is 9.78 Å². The van der Waals surface area contributed by atoms with Crippen molar-refractivity contribution in [3.63, 3.8) is 0 Å². The van der Waals surface area contributed by atoms with Gasteiger partial charge in [-0.05, 0) is 63.9 Å². The molecule has 0 aliphatic carbocycles. The molecule has 0 fully saturated rings. The molecule has 20 heavy (non-hydrogen) atoms. The molecule has 0 saturated carbocycles. The van der Waals surface area contributed by atoms with Crippen LogP contribution in [0.2, 0.25) is 5.02 Å². The lowest BCUT2D eigenvalue weighted by molar-refractivity contribution is 0.0990. The highest BCUT2D eigenvalue weighted by molar-refractivity contribution is 9.10. The fourth-order valence-corrected chi connectivity index (χ4v) is 2.88. The van der Waals surface area contributed by atoms with Crippen molar-refractivity contribution in [2.45, 2.75) is 26.8 Å². The van der Waals surface area contributed by atoms with Crippen LogP contribution in [-0.2, 0) is 13.0 Å². The highest BCUT2D eigenvalue weighted by Crippen LogP contribution is 2.26. The maximum absolute atomic E-state index is 12.4. The Hall–Kier alpha value is -0.650. The van der Waals surface area contributed by atoms with E-state index >= 15 is 0 Å². The minimum absolute atomic E-state index is 0.0395. The van der Waals surface area contributed by atoms with Crippen LogP contribution in [0, 0.1) is 6.92 Å². The lowest BCUT2D eigenvalue weighted by atomic mass is 10.1. The Balaban J connectivity index is 2.30. The largest absolute Gasteiger partial charge is 0.294 e. The number of aromatic nitrogens is 2. The Morgan fingerprint density at radius 3 is 2.70 bits per heavy atom. The lowest BCUT2D eigenvalue weighted by Gasteiger charge is -2.06. The van der Waals surface area contributed by atoms with Crippen LogP contribution < -0.4 is 0 Å². The van der Waals surface area contributed by atoms with Gasteiger partial charge in [-0.2, -0.15) is 5.10 Å². The molecular weight excluding hydrogens is 407 g/mol. The average Bonchev–Trinajstić information content (AvgIpc) is 2.69. The first-order chi connectivity index (χ1) is 9.43. The van der Waals surface area contributed by atoms with Crippen LogP contribution in [-0.4, -0.2) is 15.6 Å². The van der Waals surface area contributed by atoms with Crippen LogP contribution in [0.1, 0.15) is 28.7 Å². The van der Waals surface area contributed by atoms with Crippen molar-refractivity contribution < 1.29 is 4.79 Å². The van der Waals surface area contributed by atoms with Gasteiger partial charge < -0.3 is 0 Å². The molecule has 106 valence electrons. The fraction of sp³-hybridized carbons (Fsp3) is 0.286. The van der Waals surface area contributed by atoms with Crippen molar-refractivity contribution in [3.05, 3.63) is 49.1 Å². The van der Waals surface area contributed by atoms with Gasteiger partial charge in [0, 0.05) is 16.6 Å². The van der Waals surface area contributed by atoms with Crippen LogP contribution in [0.25, 0.3) is 0 Å². The molecule has 1 heterocycles. The van der Waals surface area contributed by atoms with E-state index in [1.54, 1.807) is 18.2 Å². The highest BCUT2D eigenvalue weighted by atomic mass is 79.9. The zero-order chi connectivity index (χ0) is 14.9. The Bertz CT molecular complexity index is 667. The number of carbonyl (C=O) groups excluding carboxylic acids is 1. The summed E-state index contributed by atoms with van der Waals surface area (Å²) in [5, 5.41) is 4.99. The first-order valence-electron chi connectivity index (χ1n) is 6.14. The Kier molecular flexibility index (Phi) is 5.04. The number of aryl methyl sites for hydroxylation is 2. The van der Waals surface area contributed by atoms with Gasteiger partial charge in [0.1, 0.15) is 0 Å². The molecule has 6 heteroatoms. The molecule has 0 atom stereocenters.